The molecule has 0 heterocycles. The molecule has 2 fully saturated rings. The van der Waals surface area contributed by atoms with E-state index in [0.29, 0.717) is 24.5 Å². The van der Waals surface area contributed by atoms with Crippen molar-refractivity contribution in [1.82, 2.24) is 5.32 Å². The van der Waals surface area contributed by atoms with E-state index in [4.69, 9.17) is 5.73 Å². The van der Waals surface area contributed by atoms with Crippen molar-refractivity contribution in [3.63, 3.8) is 0 Å². The summed E-state index contributed by atoms with van der Waals surface area (Å²) in [4.78, 5) is 0. The van der Waals surface area contributed by atoms with Crippen molar-refractivity contribution in [2.24, 2.45) is 17.6 Å². The quantitative estimate of drug-likeness (QED) is 0.718. The standard InChI is InChI=1S/C16H32N2O/c1-2-14-8-5-6-10-16(14,12-17)18-15-9-4-3-7-13(15)11-19/h13-15,18-19H,2-12,17H2,1H3. The Balaban J connectivity index is 2.07. The van der Waals surface area contributed by atoms with Crippen LogP contribution in [0.1, 0.15) is 64.7 Å². The minimum Gasteiger partial charge on any atom is -0.396 e. The van der Waals surface area contributed by atoms with Crippen LogP contribution in [0.3, 0.4) is 0 Å². The first-order chi connectivity index (χ1) is 9.25. The zero-order valence-electron chi connectivity index (χ0n) is 12.5. The van der Waals surface area contributed by atoms with Gasteiger partial charge in [0.05, 0.1) is 0 Å². The molecule has 112 valence electrons. The zero-order valence-corrected chi connectivity index (χ0v) is 12.5. The molecule has 0 aromatic heterocycles. The largest absolute Gasteiger partial charge is 0.396 e. The average molecular weight is 268 g/mol. The Morgan fingerprint density at radius 1 is 1.16 bits per heavy atom. The molecule has 3 nitrogen and oxygen atoms in total. The second-order valence-corrected chi connectivity index (χ2v) is 6.69. The third-order valence-corrected chi connectivity index (χ3v) is 5.68. The van der Waals surface area contributed by atoms with Crippen molar-refractivity contribution in [2.45, 2.75) is 76.3 Å². The summed E-state index contributed by atoms with van der Waals surface area (Å²) in [6.07, 6.45) is 11.4. The summed E-state index contributed by atoms with van der Waals surface area (Å²) in [5.74, 6) is 1.16. The summed E-state index contributed by atoms with van der Waals surface area (Å²) in [5.41, 5.74) is 6.32. The van der Waals surface area contributed by atoms with Gasteiger partial charge in [-0.1, -0.05) is 39.0 Å². The van der Waals surface area contributed by atoms with Crippen LogP contribution in [0.15, 0.2) is 0 Å². The molecule has 19 heavy (non-hydrogen) atoms. The third-order valence-electron chi connectivity index (χ3n) is 5.68. The number of hydrogen-bond acceptors (Lipinski definition) is 3. The SMILES string of the molecule is CCC1CCCCC1(CN)NC1CCCCC1CO. The lowest BCUT2D eigenvalue weighted by Gasteiger charge is -2.48. The Labute approximate surface area is 118 Å². The molecule has 3 heteroatoms. The van der Waals surface area contributed by atoms with Gasteiger partial charge in [0.25, 0.3) is 0 Å². The van der Waals surface area contributed by atoms with Crippen LogP contribution in [0.4, 0.5) is 0 Å². The Hall–Kier alpha value is -0.120. The summed E-state index contributed by atoms with van der Waals surface area (Å²) < 4.78 is 0. The monoisotopic (exact) mass is 268 g/mol. The molecule has 0 radical (unpaired) electrons. The fraction of sp³-hybridized carbons (Fsp3) is 1.00. The number of aliphatic hydroxyl groups is 1. The second-order valence-electron chi connectivity index (χ2n) is 6.69. The van der Waals surface area contributed by atoms with E-state index in [2.05, 4.69) is 12.2 Å². The summed E-state index contributed by atoms with van der Waals surface area (Å²) >= 11 is 0. The maximum absolute atomic E-state index is 9.60. The number of hydrogen-bond donors (Lipinski definition) is 3. The second kappa shape index (κ2) is 7.05. The highest BCUT2D eigenvalue weighted by molar-refractivity contribution is 5.00. The van der Waals surface area contributed by atoms with Gasteiger partial charge in [-0.15, -0.1) is 0 Å². The Morgan fingerprint density at radius 3 is 2.58 bits per heavy atom. The van der Waals surface area contributed by atoms with E-state index in [0.717, 1.165) is 6.54 Å². The predicted molar refractivity (Wildman–Crippen MR) is 80.0 cm³/mol. The van der Waals surface area contributed by atoms with E-state index in [9.17, 15) is 5.11 Å². The number of aliphatic hydroxyl groups excluding tert-OH is 1. The molecule has 2 aliphatic carbocycles. The van der Waals surface area contributed by atoms with Gasteiger partial charge in [-0.25, -0.2) is 0 Å². The molecule has 0 aromatic rings. The van der Waals surface area contributed by atoms with Gasteiger partial charge < -0.3 is 16.2 Å². The van der Waals surface area contributed by atoms with Crippen molar-refractivity contribution in [2.75, 3.05) is 13.2 Å². The van der Waals surface area contributed by atoms with Crippen LogP contribution >= 0.6 is 0 Å². The maximum atomic E-state index is 9.60. The van der Waals surface area contributed by atoms with Crippen molar-refractivity contribution in [3.8, 4) is 0 Å². The number of nitrogens with one attached hydrogen (secondary N) is 1. The number of nitrogens with two attached hydrogens (primary N) is 1. The smallest absolute Gasteiger partial charge is 0.0474 e. The molecule has 0 aliphatic heterocycles. The van der Waals surface area contributed by atoms with Gasteiger partial charge in [0, 0.05) is 24.7 Å². The molecule has 2 rings (SSSR count). The van der Waals surface area contributed by atoms with Crippen LogP contribution in [0, 0.1) is 11.8 Å². The van der Waals surface area contributed by atoms with Crippen LogP contribution in [0.2, 0.25) is 0 Å². The van der Waals surface area contributed by atoms with Crippen molar-refractivity contribution < 1.29 is 5.11 Å². The molecular weight excluding hydrogens is 236 g/mol. The van der Waals surface area contributed by atoms with Gasteiger partial charge in [-0.05, 0) is 37.5 Å². The van der Waals surface area contributed by atoms with Gasteiger partial charge in [0.2, 0.25) is 0 Å². The molecule has 4 atom stereocenters. The third kappa shape index (κ3) is 3.32. The van der Waals surface area contributed by atoms with E-state index >= 15 is 0 Å². The predicted octanol–water partition coefficient (Wildman–Crippen LogP) is 2.42. The first-order valence-electron chi connectivity index (χ1n) is 8.34. The van der Waals surface area contributed by atoms with Crippen molar-refractivity contribution in [3.05, 3.63) is 0 Å². The highest BCUT2D eigenvalue weighted by Gasteiger charge is 2.41. The summed E-state index contributed by atoms with van der Waals surface area (Å²) in [6, 6.07) is 0.481. The number of rotatable bonds is 5. The Morgan fingerprint density at radius 2 is 1.89 bits per heavy atom. The Bertz CT molecular complexity index is 271. The minimum atomic E-state index is 0.141. The first-order valence-corrected chi connectivity index (χ1v) is 8.34. The van der Waals surface area contributed by atoms with Gasteiger partial charge >= 0.3 is 0 Å². The van der Waals surface area contributed by atoms with Gasteiger partial charge in [-0.3, -0.25) is 0 Å². The highest BCUT2D eigenvalue weighted by atomic mass is 16.3. The van der Waals surface area contributed by atoms with Crippen LogP contribution in [-0.2, 0) is 0 Å². The van der Waals surface area contributed by atoms with Crippen LogP contribution in [0.5, 0.6) is 0 Å². The fourth-order valence-electron chi connectivity index (χ4n) is 4.41. The molecule has 2 saturated carbocycles. The molecule has 0 aromatic carbocycles. The molecule has 0 spiro atoms. The highest BCUT2D eigenvalue weighted by Crippen LogP contribution is 2.37. The van der Waals surface area contributed by atoms with E-state index < -0.39 is 0 Å². The maximum Gasteiger partial charge on any atom is 0.0474 e. The van der Waals surface area contributed by atoms with E-state index in [1.54, 1.807) is 0 Å². The lowest BCUT2D eigenvalue weighted by molar-refractivity contribution is 0.0789. The minimum absolute atomic E-state index is 0.141. The molecule has 0 bridgehead atoms. The molecular formula is C16H32N2O. The van der Waals surface area contributed by atoms with E-state index in [1.165, 1.54) is 57.8 Å². The molecule has 4 N–H and O–H groups in total. The first kappa shape index (κ1) is 15.3. The van der Waals surface area contributed by atoms with Gasteiger partial charge in [-0.2, -0.15) is 0 Å². The van der Waals surface area contributed by atoms with Crippen molar-refractivity contribution >= 4 is 0 Å². The average Bonchev–Trinajstić information content (AvgIpc) is 2.48. The lowest BCUT2D eigenvalue weighted by atomic mass is 9.70. The molecule has 0 saturated heterocycles. The fourth-order valence-corrected chi connectivity index (χ4v) is 4.41. The summed E-state index contributed by atoms with van der Waals surface area (Å²) in [6.45, 7) is 3.38. The van der Waals surface area contributed by atoms with Crippen LogP contribution < -0.4 is 11.1 Å². The van der Waals surface area contributed by atoms with E-state index in [-0.39, 0.29) is 5.54 Å². The Kier molecular flexibility index (Phi) is 5.67. The van der Waals surface area contributed by atoms with E-state index in [1.807, 2.05) is 0 Å². The molecule has 0 amide bonds. The molecule has 2 aliphatic rings. The molecule has 4 unspecified atom stereocenters. The van der Waals surface area contributed by atoms with Crippen LogP contribution in [-0.4, -0.2) is 29.8 Å². The normalized spacial score (nSPS) is 40.3. The lowest BCUT2D eigenvalue weighted by Crippen LogP contribution is -2.62. The van der Waals surface area contributed by atoms with Gasteiger partial charge in [0.15, 0.2) is 0 Å². The van der Waals surface area contributed by atoms with Crippen LogP contribution in [0.25, 0.3) is 0 Å². The topological polar surface area (TPSA) is 58.3 Å². The van der Waals surface area contributed by atoms with Crippen molar-refractivity contribution in [1.29, 1.82) is 0 Å². The van der Waals surface area contributed by atoms with Gasteiger partial charge in [0.1, 0.15) is 0 Å². The zero-order chi connectivity index (χ0) is 13.7. The summed E-state index contributed by atoms with van der Waals surface area (Å²) in [7, 11) is 0. The summed E-state index contributed by atoms with van der Waals surface area (Å²) in [5, 5.41) is 13.5.